The minimum atomic E-state index is -0.527. The fourth-order valence-corrected chi connectivity index (χ4v) is 3.46. The predicted molar refractivity (Wildman–Crippen MR) is 93.9 cm³/mol. The van der Waals surface area contributed by atoms with Crippen molar-refractivity contribution in [2.75, 3.05) is 6.61 Å². The van der Waals surface area contributed by atoms with E-state index >= 15 is 0 Å². The summed E-state index contributed by atoms with van der Waals surface area (Å²) in [6, 6.07) is -0.0411. The summed E-state index contributed by atoms with van der Waals surface area (Å²) in [5.41, 5.74) is -0.776. The van der Waals surface area contributed by atoms with Crippen molar-refractivity contribution in [3.63, 3.8) is 0 Å². The van der Waals surface area contributed by atoms with Gasteiger partial charge in [0.25, 0.3) is 5.56 Å². The largest absolute Gasteiger partial charge is 0.494 e. The van der Waals surface area contributed by atoms with Crippen molar-refractivity contribution in [2.45, 2.75) is 77.2 Å². The molecule has 1 heterocycles. The fraction of sp³-hybridized carbons (Fsp3) is 0.722. The van der Waals surface area contributed by atoms with E-state index in [1.807, 2.05) is 0 Å². The van der Waals surface area contributed by atoms with Crippen LogP contribution in [0.15, 0.2) is 9.59 Å². The van der Waals surface area contributed by atoms with Crippen LogP contribution in [0.1, 0.15) is 76.3 Å². The average molecular weight is 352 g/mol. The number of aromatic hydroxyl groups is 1. The van der Waals surface area contributed by atoms with Crippen LogP contribution in [0.2, 0.25) is 0 Å². The third kappa shape index (κ3) is 5.21. The van der Waals surface area contributed by atoms with Gasteiger partial charge in [-0.1, -0.05) is 25.7 Å². The molecule has 1 aliphatic carbocycles. The molecule has 1 aromatic rings. The Balaban J connectivity index is 1.99. The Morgan fingerprint density at radius 1 is 1.20 bits per heavy atom. The van der Waals surface area contributed by atoms with E-state index in [4.69, 9.17) is 4.74 Å². The fourth-order valence-electron chi connectivity index (χ4n) is 3.46. The molecule has 1 aliphatic rings. The Labute approximate surface area is 147 Å². The number of hydrogen-bond acceptors (Lipinski definition) is 5. The van der Waals surface area contributed by atoms with Crippen LogP contribution < -0.4 is 11.2 Å². The lowest BCUT2D eigenvalue weighted by molar-refractivity contribution is -0.143. The van der Waals surface area contributed by atoms with Crippen molar-refractivity contribution in [3.05, 3.63) is 26.4 Å². The molecule has 0 spiro atoms. The van der Waals surface area contributed by atoms with Crippen LogP contribution in [-0.2, 0) is 16.0 Å². The molecule has 0 unspecified atom stereocenters. The van der Waals surface area contributed by atoms with Crippen LogP contribution in [0.3, 0.4) is 0 Å². The van der Waals surface area contributed by atoms with Gasteiger partial charge in [-0.2, -0.15) is 0 Å². The van der Waals surface area contributed by atoms with Crippen molar-refractivity contribution < 1.29 is 14.6 Å². The molecule has 1 saturated carbocycles. The Morgan fingerprint density at radius 2 is 1.92 bits per heavy atom. The summed E-state index contributed by atoms with van der Waals surface area (Å²) in [4.78, 5) is 37.8. The molecule has 7 nitrogen and oxygen atoms in total. The molecular formula is C18H28N2O5. The van der Waals surface area contributed by atoms with E-state index in [1.165, 1.54) is 4.57 Å². The number of aromatic nitrogens is 2. The molecule has 0 amide bonds. The zero-order valence-electron chi connectivity index (χ0n) is 14.9. The molecule has 0 saturated heterocycles. The number of ether oxygens (including phenoxy) is 1. The molecular weight excluding hydrogens is 324 g/mol. The molecule has 1 fully saturated rings. The number of unbranched alkanes of at least 4 members (excludes halogenated alkanes) is 2. The van der Waals surface area contributed by atoms with Gasteiger partial charge in [0, 0.05) is 12.5 Å². The van der Waals surface area contributed by atoms with Gasteiger partial charge in [-0.05, 0) is 39.0 Å². The maximum absolute atomic E-state index is 12.1. The number of aromatic amines is 1. The average Bonchev–Trinajstić information content (AvgIpc) is 2.58. The summed E-state index contributed by atoms with van der Waals surface area (Å²) < 4.78 is 6.22. The summed E-state index contributed by atoms with van der Waals surface area (Å²) in [6.45, 7) is 2.15. The van der Waals surface area contributed by atoms with E-state index in [-0.39, 0.29) is 23.5 Å². The summed E-state index contributed by atoms with van der Waals surface area (Å²) in [5.74, 6) is -0.403. The number of carbonyl (C=O) groups is 1. The third-order valence-electron chi connectivity index (χ3n) is 4.76. The molecule has 1 aromatic heterocycles. The standard InChI is InChI=1S/C18H28N2O5/c1-2-25-15(21)12-8-4-7-11-14-16(22)19-18(24)20(17(14)23)13-9-5-3-6-10-13/h13,23H,2-12H2,1H3,(H,19,22,24). The van der Waals surface area contributed by atoms with E-state index in [9.17, 15) is 19.5 Å². The first-order valence-corrected chi connectivity index (χ1v) is 9.26. The number of nitrogens with one attached hydrogen (secondary N) is 1. The van der Waals surface area contributed by atoms with Gasteiger partial charge in [0.1, 0.15) is 0 Å². The van der Waals surface area contributed by atoms with Crippen LogP contribution >= 0.6 is 0 Å². The van der Waals surface area contributed by atoms with Gasteiger partial charge in [0.15, 0.2) is 0 Å². The van der Waals surface area contributed by atoms with Gasteiger partial charge in [-0.15, -0.1) is 0 Å². The molecule has 25 heavy (non-hydrogen) atoms. The minimum Gasteiger partial charge on any atom is -0.494 e. The number of carbonyl (C=O) groups excluding carboxylic acids is 1. The van der Waals surface area contributed by atoms with Crippen LogP contribution in [0.5, 0.6) is 5.88 Å². The molecule has 2 rings (SSSR count). The Morgan fingerprint density at radius 3 is 2.60 bits per heavy atom. The second kappa shape index (κ2) is 9.44. The predicted octanol–water partition coefficient (Wildman–Crippen LogP) is 2.41. The second-order valence-corrected chi connectivity index (χ2v) is 6.59. The van der Waals surface area contributed by atoms with E-state index in [1.54, 1.807) is 6.92 Å². The summed E-state index contributed by atoms with van der Waals surface area (Å²) >= 11 is 0. The van der Waals surface area contributed by atoms with E-state index in [0.29, 0.717) is 32.3 Å². The van der Waals surface area contributed by atoms with Gasteiger partial charge in [-0.25, -0.2) is 4.79 Å². The summed E-state index contributed by atoms with van der Waals surface area (Å²) in [7, 11) is 0. The lowest BCUT2D eigenvalue weighted by Crippen LogP contribution is -2.35. The highest BCUT2D eigenvalue weighted by Crippen LogP contribution is 2.30. The molecule has 140 valence electrons. The maximum atomic E-state index is 12.1. The highest BCUT2D eigenvalue weighted by molar-refractivity contribution is 5.69. The zero-order chi connectivity index (χ0) is 18.2. The number of esters is 1. The molecule has 0 aromatic carbocycles. The Bertz CT molecular complexity index is 686. The van der Waals surface area contributed by atoms with Gasteiger partial charge in [0.2, 0.25) is 5.88 Å². The molecule has 0 bridgehead atoms. The Kier molecular flexibility index (Phi) is 7.28. The molecule has 0 aliphatic heterocycles. The highest BCUT2D eigenvalue weighted by Gasteiger charge is 2.22. The summed E-state index contributed by atoms with van der Waals surface area (Å²) in [6.07, 6.45) is 7.73. The maximum Gasteiger partial charge on any atom is 0.331 e. The first kappa shape index (κ1) is 19.3. The van der Waals surface area contributed by atoms with Crippen molar-refractivity contribution >= 4 is 5.97 Å². The first-order valence-electron chi connectivity index (χ1n) is 9.26. The third-order valence-corrected chi connectivity index (χ3v) is 4.76. The minimum absolute atomic E-state index is 0.0411. The lowest BCUT2D eigenvalue weighted by Gasteiger charge is -2.25. The van der Waals surface area contributed by atoms with Crippen molar-refractivity contribution in [3.8, 4) is 5.88 Å². The van der Waals surface area contributed by atoms with Gasteiger partial charge >= 0.3 is 11.7 Å². The number of nitrogens with zero attached hydrogens (tertiary/aromatic N) is 1. The summed E-state index contributed by atoms with van der Waals surface area (Å²) in [5, 5.41) is 10.5. The molecule has 2 N–H and O–H groups in total. The lowest BCUT2D eigenvalue weighted by atomic mass is 9.95. The smallest absolute Gasteiger partial charge is 0.331 e. The Hall–Kier alpha value is -2.05. The number of hydrogen-bond donors (Lipinski definition) is 2. The SMILES string of the molecule is CCOC(=O)CCCCCc1c(O)n(C2CCCCC2)c(=O)[nH]c1=O. The van der Waals surface area contributed by atoms with Crippen LogP contribution in [-0.4, -0.2) is 27.2 Å². The number of H-pyrrole nitrogens is 1. The first-order chi connectivity index (χ1) is 12.0. The van der Waals surface area contributed by atoms with Gasteiger partial charge in [-0.3, -0.25) is 19.1 Å². The van der Waals surface area contributed by atoms with E-state index in [2.05, 4.69) is 4.98 Å². The topological polar surface area (TPSA) is 101 Å². The number of rotatable bonds is 8. The van der Waals surface area contributed by atoms with Crippen molar-refractivity contribution in [1.82, 2.24) is 9.55 Å². The quantitative estimate of drug-likeness (QED) is 0.553. The van der Waals surface area contributed by atoms with Gasteiger partial charge in [0.05, 0.1) is 12.2 Å². The molecule has 0 radical (unpaired) electrons. The van der Waals surface area contributed by atoms with Crippen LogP contribution in [0, 0.1) is 0 Å². The van der Waals surface area contributed by atoms with Crippen molar-refractivity contribution in [1.29, 1.82) is 0 Å². The molecule has 7 heteroatoms. The van der Waals surface area contributed by atoms with Crippen LogP contribution in [0.25, 0.3) is 0 Å². The second-order valence-electron chi connectivity index (χ2n) is 6.59. The molecule has 0 atom stereocenters. The highest BCUT2D eigenvalue weighted by atomic mass is 16.5. The van der Waals surface area contributed by atoms with Crippen LogP contribution in [0.4, 0.5) is 0 Å². The monoisotopic (exact) mass is 352 g/mol. The van der Waals surface area contributed by atoms with Crippen molar-refractivity contribution in [2.24, 2.45) is 0 Å². The van der Waals surface area contributed by atoms with Gasteiger partial charge < -0.3 is 9.84 Å². The normalized spacial score (nSPS) is 15.2. The van der Waals surface area contributed by atoms with E-state index < -0.39 is 11.2 Å². The zero-order valence-corrected chi connectivity index (χ0v) is 14.9. The van der Waals surface area contributed by atoms with E-state index in [0.717, 1.165) is 38.5 Å².